The number of esters is 1. The predicted molar refractivity (Wildman–Crippen MR) is 104 cm³/mol. The molecule has 0 saturated heterocycles. The quantitative estimate of drug-likeness (QED) is 0.557. The minimum absolute atomic E-state index is 0.376. The molecule has 2 aromatic carbocycles. The first-order chi connectivity index (χ1) is 12.5. The number of nitrogens with one attached hydrogen (secondary N) is 1. The van der Waals surface area contributed by atoms with Crippen molar-refractivity contribution in [3.63, 3.8) is 0 Å². The second kappa shape index (κ2) is 9.87. The summed E-state index contributed by atoms with van der Waals surface area (Å²) in [5, 5.41) is 2.32. The van der Waals surface area contributed by atoms with Crippen molar-refractivity contribution in [3.05, 3.63) is 54.6 Å². The summed E-state index contributed by atoms with van der Waals surface area (Å²) in [6.07, 6.45) is -0.882. The van der Waals surface area contributed by atoms with Gasteiger partial charge in [-0.3, -0.25) is 9.59 Å². The molecule has 2 rings (SSSR count). The van der Waals surface area contributed by atoms with E-state index in [4.69, 9.17) is 9.47 Å². The fourth-order valence-electron chi connectivity index (χ4n) is 2.12. The SMILES string of the molecule is CCOc1ccc(NC(=O)[C@@H](C)OC(=O)[C@H](C)Sc2ccccc2)cc1. The summed E-state index contributed by atoms with van der Waals surface area (Å²) in [5.74, 6) is -0.0654. The number of hydrogen-bond acceptors (Lipinski definition) is 5. The van der Waals surface area contributed by atoms with Gasteiger partial charge in [0.25, 0.3) is 5.91 Å². The van der Waals surface area contributed by atoms with Crippen LogP contribution in [0.1, 0.15) is 20.8 Å². The molecular formula is C20H23NO4S. The zero-order chi connectivity index (χ0) is 18.9. The summed E-state index contributed by atoms with van der Waals surface area (Å²) in [6.45, 7) is 5.81. The maximum Gasteiger partial charge on any atom is 0.319 e. The summed E-state index contributed by atoms with van der Waals surface area (Å²) in [4.78, 5) is 25.4. The van der Waals surface area contributed by atoms with Crippen molar-refractivity contribution in [1.29, 1.82) is 0 Å². The number of benzene rings is 2. The van der Waals surface area contributed by atoms with Gasteiger partial charge in [-0.1, -0.05) is 18.2 Å². The third-order valence-electron chi connectivity index (χ3n) is 3.48. The first-order valence-electron chi connectivity index (χ1n) is 8.45. The molecule has 138 valence electrons. The van der Waals surface area contributed by atoms with E-state index in [0.29, 0.717) is 12.3 Å². The Morgan fingerprint density at radius 2 is 1.69 bits per heavy atom. The van der Waals surface area contributed by atoms with Crippen LogP contribution in [0.25, 0.3) is 0 Å². The van der Waals surface area contributed by atoms with E-state index in [9.17, 15) is 9.59 Å². The first-order valence-corrected chi connectivity index (χ1v) is 9.33. The third-order valence-corrected chi connectivity index (χ3v) is 4.57. The van der Waals surface area contributed by atoms with Crippen molar-refractivity contribution in [3.8, 4) is 5.75 Å². The minimum Gasteiger partial charge on any atom is -0.494 e. The largest absolute Gasteiger partial charge is 0.494 e. The van der Waals surface area contributed by atoms with Crippen LogP contribution in [0.3, 0.4) is 0 Å². The van der Waals surface area contributed by atoms with Gasteiger partial charge >= 0.3 is 5.97 Å². The van der Waals surface area contributed by atoms with Crippen LogP contribution in [0.5, 0.6) is 5.75 Å². The van der Waals surface area contributed by atoms with Gasteiger partial charge in [-0.15, -0.1) is 11.8 Å². The van der Waals surface area contributed by atoms with E-state index in [1.165, 1.54) is 11.8 Å². The van der Waals surface area contributed by atoms with E-state index in [1.54, 1.807) is 38.1 Å². The van der Waals surface area contributed by atoms with Gasteiger partial charge in [0.05, 0.1) is 6.61 Å². The molecule has 1 amide bonds. The molecule has 0 bridgehead atoms. The molecule has 0 fully saturated rings. The highest BCUT2D eigenvalue weighted by Crippen LogP contribution is 2.24. The lowest BCUT2D eigenvalue weighted by atomic mass is 10.3. The average Bonchev–Trinajstić information content (AvgIpc) is 2.64. The summed E-state index contributed by atoms with van der Waals surface area (Å²) < 4.78 is 10.6. The molecule has 1 N–H and O–H groups in total. The Bertz CT molecular complexity index is 718. The molecule has 0 unspecified atom stereocenters. The lowest BCUT2D eigenvalue weighted by Crippen LogP contribution is -2.32. The monoisotopic (exact) mass is 373 g/mol. The van der Waals surface area contributed by atoms with Crippen LogP contribution in [0, 0.1) is 0 Å². The number of hydrogen-bond donors (Lipinski definition) is 1. The van der Waals surface area contributed by atoms with E-state index in [0.717, 1.165) is 10.6 Å². The second-order valence-electron chi connectivity index (χ2n) is 5.60. The van der Waals surface area contributed by atoms with Gasteiger partial charge in [0.1, 0.15) is 11.0 Å². The van der Waals surface area contributed by atoms with E-state index in [-0.39, 0.29) is 5.91 Å². The van der Waals surface area contributed by atoms with Crippen molar-refractivity contribution >= 4 is 29.3 Å². The smallest absolute Gasteiger partial charge is 0.319 e. The number of amides is 1. The highest BCUT2D eigenvalue weighted by molar-refractivity contribution is 8.00. The normalized spacial score (nSPS) is 12.7. The Balaban J connectivity index is 1.84. The Hall–Kier alpha value is -2.47. The Labute approximate surface area is 158 Å². The molecular weight excluding hydrogens is 350 g/mol. The van der Waals surface area contributed by atoms with Crippen LogP contribution in [0.4, 0.5) is 5.69 Å². The van der Waals surface area contributed by atoms with E-state index >= 15 is 0 Å². The maximum absolute atomic E-state index is 12.2. The number of ether oxygens (including phenoxy) is 2. The van der Waals surface area contributed by atoms with Crippen molar-refractivity contribution in [2.75, 3.05) is 11.9 Å². The van der Waals surface area contributed by atoms with Crippen molar-refractivity contribution < 1.29 is 19.1 Å². The van der Waals surface area contributed by atoms with Crippen LogP contribution < -0.4 is 10.1 Å². The fraction of sp³-hybridized carbons (Fsp3) is 0.300. The molecule has 0 aliphatic rings. The lowest BCUT2D eigenvalue weighted by Gasteiger charge is -2.16. The van der Waals surface area contributed by atoms with Gasteiger partial charge in [-0.05, 0) is 57.2 Å². The highest BCUT2D eigenvalue weighted by atomic mass is 32.2. The van der Waals surface area contributed by atoms with Crippen LogP contribution in [0.2, 0.25) is 0 Å². The molecule has 0 saturated carbocycles. The topological polar surface area (TPSA) is 64.6 Å². The van der Waals surface area contributed by atoms with Crippen LogP contribution in [-0.4, -0.2) is 29.8 Å². The molecule has 0 aromatic heterocycles. The zero-order valence-electron chi connectivity index (χ0n) is 15.1. The maximum atomic E-state index is 12.2. The van der Waals surface area contributed by atoms with E-state index in [1.807, 2.05) is 37.3 Å². The lowest BCUT2D eigenvalue weighted by molar-refractivity contribution is -0.152. The van der Waals surface area contributed by atoms with Crippen molar-refractivity contribution in [2.24, 2.45) is 0 Å². The Morgan fingerprint density at radius 1 is 1.04 bits per heavy atom. The van der Waals surface area contributed by atoms with E-state index < -0.39 is 17.3 Å². The van der Waals surface area contributed by atoms with Crippen LogP contribution in [-0.2, 0) is 14.3 Å². The first kappa shape index (κ1) is 19.8. The number of carbonyl (C=O) groups excluding carboxylic acids is 2. The molecule has 0 spiro atoms. The Morgan fingerprint density at radius 3 is 2.31 bits per heavy atom. The van der Waals surface area contributed by atoms with Gasteiger partial charge in [-0.2, -0.15) is 0 Å². The van der Waals surface area contributed by atoms with Crippen LogP contribution in [0.15, 0.2) is 59.5 Å². The molecule has 0 radical (unpaired) electrons. The molecule has 0 heterocycles. The second-order valence-corrected chi connectivity index (χ2v) is 7.01. The third kappa shape index (κ3) is 6.11. The molecule has 2 atom stereocenters. The number of rotatable bonds is 8. The summed E-state index contributed by atoms with van der Waals surface area (Å²) >= 11 is 1.40. The van der Waals surface area contributed by atoms with Crippen molar-refractivity contribution in [2.45, 2.75) is 37.0 Å². The van der Waals surface area contributed by atoms with Gasteiger partial charge in [0, 0.05) is 10.6 Å². The van der Waals surface area contributed by atoms with Gasteiger partial charge < -0.3 is 14.8 Å². The van der Waals surface area contributed by atoms with Gasteiger partial charge in [0.2, 0.25) is 0 Å². The molecule has 26 heavy (non-hydrogen) atoms. The zero-order valence-corrected chi connectivity index (χ0v) is 15.9. The fourth-order valence-corrected chi connectivity index (χ4v) is 2.99. The Kier molecular flexibility index (Phi) is 7.53. The average molecular weight is 373 g/mol. The minimum atomic E-state index is -0.882. The van der Waals surface area contributed by atoms with Gasteiger partial charge in [0.15, 0.2) is 6.10 Å². The molecule has 0 aliphatic carbocycles. The molecule has 5 nitrogen and oxygen atoms in total. The van der Waals surface area contributed by atoms with E-state index in [2.05, 4.69) is 5.32 Å². The standard InChI is InChI=1S/C20H23NO4S/c1-4-24-17-12-10-16(11-13-17)21-19(22)14(2)25-20(23)15(3)26-18-8-6-5-7-9-18/h5-15H,4H2,1-3H3,(H,21,22)/t14-,15+/m1/s1. The van der Waals surface area contributed by atoms with Gasteiger partial charge in [-0.25, -0.2) is 0 Å². The van der Waals surface area contributed by atoms with Crippen molar-refractivity contribution in [1.82, 2.24) is 0 Å². The summed E-state index contributed by atoms with van der Waals surface area (Å²) in [5.41, 5.74) is 0.619. The molecule has 0 aliphatic heterocycles. The summed E-state index contributed by atoms with van der Waals surface area (Å²) in [6, 6.07) is 16.6. The van der Waals surface area contributed by atoms with Crippen LogP contribution >= 0.6 is 11.8 Å². The number of carbonyl (C=O) groups is 2. The number of thioether (sulfide) groups is 1. The molecule has 6 heteroatoms. The number of anilines is 1. The highest BCUT2D eigenvalue weighted by Gasteiger charge is 2.22. The summed E-state index contributed by atoms with van der Waals surface area (Å²) in [7, 11) is 0. The molecule has 2 aromatic rings. The predicted octanol–water partition coefficient (Wildman–Crippen LogP) is 4.14.